The van der Waals surface area contributed by atoms with Gasteiger partial charge in [0, 0.05) is 17.5 Å². The van der Waals surface area contributed by atoms with Crippen LogP contribution in [0, 0.1) is 25.2 Å². The maximum Gasteiger partial charge on any atom is 0.235 e. The molecule has 0 unspecified atom stereocenters. The highest BCUT2D eigenvalue weighted by atomic mass is 32.2. The molecule has 2 aromatic rings. The van der Waals surface area contributed by atoms with Crippen molar-refractivity contribution >= 4 is 45.3 Å². The first-order valence-electron chi connectivity index (χ1n) is 9.92. The Morgan fingerprint density at radius 2 is 2.10 bits per heavy atom. The topological polar surface area (TPSA) is 70.2 Å². The van der Waals surface area contributed by atoms with Gasteiger partial charge in [-0.25, -0.2) is 4.99 Å². The summed E-state index contributed by atoms with van der Waals surface area (Å²) in [5, 5.41) is 12.7. The number of nitrogens with zero attached hydrogens (tertiary/aromatic N) is 3. The van der Waals surface area contributed by atoms with Crippen LogP contribution in [0.15, 0.2) is 29.3 Å². The van der Waals surface area contributed by atoms with Crippen LogP contribution in [0.25, 0.3) is 0 Å². The van der Waals surface area contributed by atoms with Gasteiger partial charge in [-0.1, -0.05) is 54.6 Å². The summed E-state index contributed by atoms with van der Waals surface area (Å²) in [4.78, 5) is 17.4. The molecular formula is C22H24N4OS2. The number of hydrogen-bond donors (Lipinski definition) is 1. The third kappa shape index (κ3) is 4.10. The van der Waals surface area contributed by atoms with E-state index in [9.17, 15) is 10.1 Å². The molecule has 1 aliphatic heterocycles. The molecule has 0 saturated heterocycles. The Balaban J connectivity index is 1.48. The highest BCUT2D eigenvalue weighted by molar-refractivity contribution is 8.38. The summed E-state index contributed by atoms with van der Waals surface area (Å²) in [6, 6.07) is 10.8. The van der Waals surface area contributed by atoms with E-state index in [1.54, 1.807) is 11.8 Å². The van der Waals surface area contributed by atoms with E-state index < -0.39 is 0 Å². The van der Waals surface area contributed by atoms with E-state index in [0.29, 0.717) is 17.4 Å². The smallest absolute Gasteiger partial charge is 0.235 e. The molecule has 1 aromatic heterocycles. The van der Waals surface area contributed by atoms with Gasteiger partial charge in [-0.05, 0) is 43.9 Å². The lowest BCUT2D eigenvalue weighted by Gasteiger charge is -2.19. The number of thioether (sulfide) groups is 2. The van der Waals surface area contributed by atoms with Crippen molar-refractivity contribution in [2.75, 3.05) is 11.1 Å². The van der Waals surface area contributed by atoms with E-state index in [2.05, 4.69) is 27.0 Å². The number of para-hydroxylation sites is 1. The number of benzene rings is 1. The number of hydrogen-bond acceptors (Lipinski definition) is 5. The zero-order chi connectivity index (χ0) is 20.4. The highest BCUT2D eigenvalue weighted by Crippen LogP contribution is 2.38. The van der Waals surface area contributed by atoms with Gasteiger partial charge in [0.05, 0.1) is 17.0 Å². The molecule has 1 saturated carbocycles. The van der Waals surface area contributed by atoms with Gasteiger partial charge in [0.1, 0.15) is 16.3 Å². The summed E-state index contributed by atoms with van der Waals surface area (Å²) < 4.78 is 3.10. The summed E-state index contributed by atoms with van der Waals surface area (Å²) in [5.74, 6) is 1.74. The number of aliphatic imine (C=N–C) groups is 1. The third-order valence-electron chi connectivity index (χ3n) is 5.70. The summed E-state index contributed by atoms with van der Waals surface area (Å²) >= 11 is 3.13. The second-order valence-corrected chi connectivity index (χ2v) is 9.67. The predicted molar refractivity (Wildman–Crippen MR) is 122 cm³/mol. The first-order chi connectivity index (χ1) is 14.1. The first-order valence-corrected chi connectivity index (χ1v) is 11.9. The molecule has 2 aliphatic rings. The molecule has 1 amide bonds. The maximum absolute atomic E-state index is 12.7. The Hall–Kier alpha value is -2.17. The molecule has 0 atom stereocenters. The predicted octanol–water partition coefficient (Wildman–Crippen LogP) is 5.70. The zero-order valence-corrected chi connectivity index (χ0v) is 18.3. The van der Waals surface area contributed by atoms with Crippen molar-refractivity contribution in [3.05, 3.63) is 46.6 Å². The summed E-state index contributed by atoms with van der Waals surface area (Å²) in [5.41, 5.74) is 4.85. The molecule has 150 valence electrons. The van der Waals surface area contributed by atoms with Crippen molar-refractivity contribution in [2.45, 2.75) is 51.3 Å². The molecule has 1 fully saturated rings. The van der Waals surface area contributed by atoms with Crippen molar-refractivity contribution in [1.82, 2.24) is 4.57 Å². The van der Waals surface area contributed by atoms with Crippen molar-refractivity contribution in [2.24, 2.45) is 4.99 Å². The minimum atomic E-state index is -0.0922. The number of carbonyl (C=O) groups excluding carboxylic acids is 1. The first kappa shape index (κ1) is 20.1. The zero-order valence-electron chi connectivity index (χ0n) is 16.7. The van der Waals surface area contributed by atoms with Crippen LogP contribution in [0.1, 0.15) is 54.1 Å². The highest BCUT2D eigenvalue weighted by Gasteiger charge is 2.26. The average molecular weight is 425 g/mol. The number of fused-ring (bicyclic) bond motifs is 1. The molecule has 7 heteroatoms. The lowest BCUT2D eigenvalue weighted by atomic mass is 10.2. The van der Waals surface area contributed by atoms with Crippen LogP contribution in [0.5, 0.6) is 0 Å². The Labute approximate surface area is 180 Å². The van der Waals surface area contributed by atoms with E-state index in [1.165, 1.54) is 30.2 Å². The average Bonchev–Trinajstić information content (AvgIpc) is 3.33. The lowest BCUT2D eigenvalue weighted by molar-refractivity contribution is -0.113. The normalized spacial score (nSPS) is 16.2. The van der Waals surface area contributed by atoms with Crippen LogP contribution in [0.3, 0.4) is 0 Å². The van der Waals surface area contributed by atoms with Crippen molar-refractivity contribution in [3.8, 4) is 6.07 Å². The fourth-order valence-corrected chi connectivity index (χ4v) is 5.95. The molecule has 0 spiro atoms. The molecule has 0 bridgehead atoms. The van der Waals surface area contributed by atoms with E-state index in [-0.39, 0.29) is 11.7 Å². The lowest BCUT2D eigenvalue weighted by Crippen LogP contribution is -2.20. The molecular weight excluding hydrogens is 400 g/mol. The maximum atomic E-state index is 12.7. The summed E-state index contributed by atoms with van der Waals surface area (Å²) in [6.45, 7) is 4.01. The van der Waals surface area contributed by atoms with E-state index >= 15 is 0 Å². The number of carbonyl (C=O) groups is 1. The van der Waals surface area contributed by atoms with E-state index in [4.69, 9.17) is 0 Å². The van der Waals surface area contributed by atoms with Crippen LogP contribution >= 0.6 is 23.5 Å². The van der Waals surface area contributed by atoms with Gasteiger partial charge in [-0.15, -0.1) is 0 Å². The van der Waals surface area contributed by atoms with Crippen LogP contribution in [-0.4, -0.2) is 20.6 Å². The Morgan fingerprint density at radius 3 is 2.86 bits per heavy atom. The SMILES string of the molecule is Cc1c(C#N)c(NC(=O)CSC2=Nc3ccccc3CS2)n(C2CCCC2)c1C. The largest absolute Gasteiger partial charge is 0.327 e. The number of amides is 1. The summed E-state index contributed by atoms with van der Waals surface area (Å²) in [6.07, 6.45) is 4.60. The quantitative estimate of drug-likeness (QED) is 0.684. The van der Waals surface area contributed by atoms with Gasteiger partial charge >= 0.3 is 0 Å². The fraction of sp³-hybridized carbons (Fsp3) is 0.409. The molecule has 0 radical (unpaired) electrons. The molecule has 4 rings (SSSR count). The number of anilines is 1. The molecule has 1 aliphatic carbocycles. The second-order valence-electron chi connectivity index (χ2n) is 7.49. The van der Waals surface area contributed by atoms with Gasteiger partial charge in [0.15, 0.2) is 0 Å². The van der Waals surface area contributed by atoms with Gasteiger partial charge in [0.2, 0.25) is 5.91 Å². The molecule has 29 heavy (non-hydrogen) atoms. The number of aromatic nitrogens is 1. The Bertz CT molecular complexity index is 1010. The van der Waals surface area contributed by atoms with Crippen LogP contribution < -0.4 is 5.32 Å². The van der Waals surface area contributed by atoms with Crippen LogP contribution in [0.4, 0.5) is 11.5 Å². The monoisotopic (exact) mass is 424 g/mol. The van der Waals surface area contributed by atoms with E-state index in [0.717, 1.165) is 39.9 Å². The summed E-state index contributed by atoms with van der Waals surface area (Å²) in [7, 11) is 0. The van der Waals surface area contributed by atoms with Crippen molar-refractivity contribution in [3.63, 3.8) is 0 Å². The van der Waals surface area contributed by atoms with Crippen molar-refractivity contribution < 1.29 is 4.79 Å². The molecule has 1 aromatic carbocycles. The molecule has 1 N–H and O–H groups in total. The number of nitrogens with one attached hydrogen (secondary N) is 1. The van der Waals surface area contributed by atoms with Crippen LogP contribution in [-0.2, 0) is 10.5 Å². The third-order valence-corrected chi connectivity index (χ3v) is 7.94. The number of nitriles is 1. The second kappa shape index (κ2) is 8.68. The minimum Gasteiger partial charge on any atom is -0.327 e. The Kier molecular flexibility index (Phi) is 6.02. The van der Waals surface area contributed by atoms with Crippen molar-refractivity contribution in [1.29, 1.82) is 5.26 Å². The molecule has 5 nitrogen and oxygen atoms in total. The van der Waals surface area contributed by atoms with Gasteiger partial charge in [0.25, 0.3) is 0 Å². The molecule has 2 heterocycles. The minimum absolute atomic E-state index is 0.0922. The van der Waals surface area contributed by atoms with Crippen LogP contribution in [0.2, 0.25) is 0 Å². The fourth-order valence-electron chi connectivity index (χ4n) is 4.09. The Morgan fingerprint density at radius 1 is 1.34 bits per heavy atom. The van der Waals surface area contributed by atoms with Gasteiger partial charge in [-0.2, -0.15) is 5.26 Å². The van der Waals surface area contributed by atoms with Gasteiger partial charge < -0.3 is 9.88 Å². The van der Waals surface area contributed by atoms with Gasteiger partial charge in [-0.3, -0.25) is 4.79 Å². The van der Waals surface area contributed by atoms with E-state index in [1.807, 2.05) is 32.0 Å². The standard InChI is InChI=1S/C22H24N4OS2/c1-14-15(2)26(17-8-4-5-9-17)21(18(14)11-23)25-20(27)13-29-22-24-19-10-6-3-7-16(19)12-28-22/h3,6-7,10,17H,4-5,8-9,12-13H2,1-2H3,(H,25,27). The number of rotatable bonds is 4.